The van der Waals surface area contributed by atoms with Crippen LogP contribution >= 0.6 is 0 Å². The second-order valence-electron chi connectivity index (χ2n) is 3.96. The van der Waals surface area contributed by atoms with Gasteiger partial charge in [0.25, 0.3) is 0 Å². The van der Waals surface area contributed by atoms with Gasteiger partial charge in [-0.15, -0.1) is 0 Å². The summed E-state index contributed by atoms with van der Waals surface area (Å²) in [5.74, 6) is 0. The van der Waals surface area contributed by atoms with E-state index in [0.29, 0.717) is 0 Å². The molecule has 0 aliphatic carbocycles. The van der Waals surface area contributed by atoms with Gasteiger partial charge < -0.3 is 10.3 Å². The van der Waals surface area contributed by atoms with Crippen LogP contribution in [0.5, 0.6) is 0 Å². The lowest BCUT2D eigenvalue weighted by Gasteiger charge is -1.98. The SMILES string of the molecule is C/C(N)=C/c1c(C)n(C)c2ccccc12. The minimum atomic E-state index is 0.842. The first-order chi connectivity index (χ1) is 7.11. The van der Waals surface area contributed by atoms with Crippen molar-refractivity contribution in [2.24, 2.45) is 12.8 Å². The van der Waals surface area contributed by atoms with Crippen LogP contribution in [0.2, 0.25) is 0 Å². The predicted octanol–water partition coefficient (Wildman–Crippen LogP) is 2.81. The molecule has 0 saturated heterocycles. The number of nitrogens with zero attached hydrogens (tertiary/aromatic N) is 1. The van der Waals surface area contributed by atoms with Gasteiger partial charge in [0.05, 0.1) is 0 Å². The molecule has 0 saturated carbocycles. The molecule has 0 spiro atoms. The van der Waals surface area contributed by atoms with Crippen molar-refractivity contribution in [3.05, 3.63) is 41.2 Å². The molecule has 2 nitrogen and oxygen atoms in total. The summed E-state index contributed by atoms with van der Waals surface area (Å²) in [6, 6.07) is 8.39. The number of hydrogen-bond donors (Lipinski definition) is 1. The molecule has 2 heteroatoms. The number of allylic oxidation sites excluding steroid dienone is 1. The van der Waals surface area contributed by atoms with E-state index in [4.69, 9.17) is 5.73 Å². The molecular weight excluding hydrogens is 184 g/mol. The molecule has 0 aliphatic heterocycles. The Bertz CT molecular complexity index is 529. The van der Waals surface area contributed by atoms with Gasteiger partial charge in [0, 0.05) is 34.9 Å². The Kier molecular flexibility index (Phi) is 2.27. The molecule has 1 heterocycles. The molecule has 2 N–H and O–H groups in total. The van der Waals surface area contributed by atoms with Gasteiger partial charge in [0.15, 0.2) is 0 Å². The van der Waals surface area contributed by atoms with Gasteiger partial charge in [-0.1, -0.05) is 18.2 Å². The maximum Gasteiger partial charge on any atom is 0.0486 e. The Hall–Kier alpha value is -1.70. The number of aromatic nitrogens is 1. The van der Waals surface area contributed by atoms with Crippen LogP contribution in [0.25, 0.3) is 17.0 Å². The lowest BCUT2D eigenvalue weighted by molar-refractivity contribution is 0.916. The lowest BCUT2D eigenvalue weighted by Crippen LogP contribution is -1.92. The van der Waals surface area contributed by atoms with Crippen LogP contribution in [0.4, 0.5) is 0 Å². The second-order valence-corrected chi connectivity index (χ2v) is 3.96. The van der Waals surface area contributed by atoms with E-state index in [9.17, 15) is 0 Å². The fourth-order valence-corrected chi connectivity index (χ4v) is 1.96. The maximum absolute atomic E-state index is 5.75. The average Bonchev–Trinajstić information content (AvgIpc) is 2.44. The van der Waals surface area contributed by atoms with Gasteiger partial charge in [-0.3, -0.25) is 0 Å². The molecule has 2 rings (SSSR count). The molecule has 0 amide bonds. The Morgan fingerprint density at radius 1 is 1.33 bits per heavy atom. The number of hydrogen-bond acceptors (Lipinski definition) is 1. The van der Waals surface area contributed by atoms with Gasteiger partial charge >= 0.3 is 0 Å². The average molecular weight is 200 g/mol. The van der Waals surface area contributed by atoms with Crippen LogP contribution < -0.4 is 5.73 Å². The van der Waals surface area contributed by atoms with E-state index in [2.05, 4.69) is 42.8 Å². The van der Waals surface area contributed by atoms with Gasteiger partial charge in [-0.2, -0.15) is 0 Å². The van der Waals surface area contributed by atoms with E-state index in [1.807, 2.05) is 13.0 Å². The van der Waals surface area contributed by atoms with Crippen molar-refractivity contribution in [1.82, 2.24) is 4.57 Å². The molecule has 0 aliphatic rings. The lowest BCUT2D eigenvalue weighted by atomic mass is 10.1. The molecule has 15 heavy (non-hydrogen) atoms. The first-order valence-electron chi connectivity index (χ1n) is 5.09. The van der Waals surface area contributed by atoms with Crippen molar-refractivity contribution in [1.29, 1.82) is 0 Å². The molecule has 0 bridgehead atoms. The van der Waals surface area contributed by atoms with Gasteiger partial charge in [0.1, 0.15) is 0 Å². The van der Waals surface area contributed by atoms with E-state index in [-0.39, 0.29) is 0 Å². The molecule has 0 radical (unpaired) electrons. The Labute approximate surface area is 90.0 Å². The maximum atomic E-state index is 5.75. The van der Waals surface area contributed by atoms with Crippen molar-refractivity contribution in [2.75, 3.05) is 0 Å². The Morgan fingerprint density at radius 3 is 2.67 bits per heavy atom. The summed E-state index contributed by atoms with van der Waals surface area (Å²) in [4.78, 5) is 0. The summed E-state index contributed by atoms with van der Waals surface area (Å²) in [5.41, 5.74) is 10.3. The van der Waals surface area contributed by atoms with Crippen LogP contribution in [0.1, 0.15) is 18.2 Å². The monoisotopic (exact) mass is 200 g/mol. The normalized spacial score (nSPS) is 12.3. The molecule has 0 atom stereocenters. The minimum Gasteiger partial charge on any atom is -0.402 e. The summed E-state index contributed by atoms with van der Waals surface area (Å²) in [6.45, 7) is 4.04. The first-order valence-corrected chi connectivity index (χ1v) is 5.09. The number of rotatable bonds is 1. The van der Waals surface area contributed by atoms with Gasteiger partial charge in [-0.05, 0) is 26.0 Å². The standard InChI is InChI=1S/C13H16N2/c1-9(14)8-12-10(2)15(3)13-7-5-4-6-11(12)13/h4-8H,14H2,1-3H3/b9-8-. The zero-order valence-electron chi connectivity index (χ0n) is 9.41. The second kappa shape index (κ2) is 3.46. The van der Waals surface area contributed by atoms with Crippen LogP contribution in [0.15, 0.2) is 30.0 Å². The number of aryl methyl sites for hydroxylation is 1. The highest BCUT2D eigenvalue weighted by atomic mass is 14.9. The summed E-state index contributed by atoms with van der Waals surface area (Å²) in [7, 11) is 2.08. The molecule has 2 aromatic rings. The highest BCUT2D eigenvalue weighted by Crippen LogP contribution is 2.26. The summed E-state index contributed by atoms with van der Waals surface area (Å²) in [6.07, 6.45) is 2.04. The third kappa shape index (κ3) is 1.52. The van der Waals surface area contributed by atoms with Gasteiger partial charge in [-0.25, -0.2) is 0 Å². The minimum absolute atomic E-state index is 0.842. The molecule has 78 valence electrons. The smallest absolute Gasteiger partial charge is 0.0486 e. The number of para-hydroxylation sites is 1. The molecule has 0 unspecified atom stereocenters. The summed E-state index contributed by atoms with van der Waals surface area (Å²) >= 11 is 0. The third-order valence-electron chi connectivity index (χ3n) is 2.82. The summed E-state index contributed by atoms with van der Waals surface area (Å²) < 4.78 is 2.20. The highest BCUT2D eigenvalue weighted by molar-refractivity contribution is 5.91. The van der Waals surface area contributed by atoms with E-state index >= 15 is 0 Å². The molecule has 1 aromatic heterocycles. The van der Waals surface area contributed by atoms with Crippen molar-refractivity contribution in [2.45, 2.75) is 13.8 Å². The van der Waals surface area contributed by atoms with Gasteiger partial charge in [0.2, 0.25) is 0 Å². The van der Waals surface area contributed by atoms with Crippen molar-refractivity contribution in [3.63, 3.8) is 0 Å². The first kappa shape index (κ1) is 9.84. The quantitative estimate of drug-likeness (QED) is 0.754. The van der Waals surface area contributed by atoms with E-state index in [0.717, 1.165) is 5.70 Å². The zero-order valence-corrected chi connectivity index (χ0v) is 9.41. The number of fused-ring (bicyclic) bond motifs is 1. The van der Waals surface area contributed by atoms with Crippen molar-refractivity contribution >= 4 is 17.0 Å². The predicted molar refractivity (Wildman–Crippen MR) is 65.5 cm³/mol. The Morgan fingerprint density at radius 2 is 2.00 bits per heavy atom. The highest BCUT2D eigenvalue weighted by Gasteiger charge is 2.08. The van der Waals surface area contributed by atoms with Crippen LogP contribution in [0, 0.1) is 6.92 Å². The molecule has 1 aromatic carbocycles. The number of benzene rings is 1. The topological polar surface area (TPSA) is 30.9 Å². The van der Waals surface area contributed by atoms with E-state index in [1.54, 1.807) is 0 Å². The molecular formula is C13H16N2. The van der Waals surface area contributed by atoms with Crippen LogP contribution in [0.3, 0.4) is 0 Å². The Balaban J connectivity index is 2.84. The van der Waals surface area contributed by atoms with Crippen LogP contribution in [-0.4, -0.2) is 4.57 Å². The number of nitrogens with two attached hydrogens (primary N) is 1. The van der Waals surface area contributed by atoms with E-state index < -0.39 is 0 Å². The van der Waals surface area contributed by atoms with E-state index in [1.165, 1.54) is 22.2 Å². The van der Waals surface area contributed by atoms with Crippen LogP contribution in [-0.2, 0) is 7.05 Å². The fraction of sp³-hybridized carbons (Fsp3) is 0.231. The zero-order chi connectivity index (χ0) is 11.0. The van der Waals surface area contributed by atoms with Crippen molar-refractivity contribution < 1.29 is 0 Å². The largest absolute Gasteiger partial charge is 0.402 e. The summed E-state index contributed by atoms with van der Waals surface area (Å²) in [5, 5.41) is 1.27. The van der Waals surface area contributed by atoms with Crippen molar-refractivity contribution in [3.8, 4) is 0 Å². The molecule has 0 fully saturated rings. The fourth-order valence-electron chi connectivity index (χ4n) is 1.96. The third-order valence-corrected chi connectivity index (χ3v) is 2.82.